The first-order chi connectivity index (χ1) is 9.79. The van der Waals surface area contributed by atoms with E-state index in [1.54, 1.807) is 6.92 Å². The van der Waals surface area contributed by atoms with Gasteiger partial charge in [-0.05, 0) is 29.8 Å². The predicted octanol–water partition coefficient (Wildman–Crippen LogP) is 4.10. The van der Waals surface area contributed by atoms with Crippen LogP contribution in [0.4, 0.5) is 0 Å². The first-order valence-electron chi connectivity index (χ1n) is 6.44. The summed E-state index contributed by atoms with van der Waals surface area (Å²) in [6.45, 7) is 1.73. The zero-order valence-electron chi connectivity index (χ0n) is 11.1. The second-order valence-electron chi connectivity index (χ2n) is 4.62. The largest absolute Gasteiger partial charge is 0.411 e. The Kier molecular flexibility index (Phi) is 3.17. The summed E-state index contributed by atoms with van der Waals surface area (Å²) in [6, 6.07) is 20.1. The fourth-order valence-corrected chi connectivity index (χ4v) is 2.29. The maximum Gasteiger partial charge on any atom is 0.102 e. The van der Waals surface area contributed by atoms with Crippen molar-refractivity contribution in [3.05, 3.63) is 66.4 Å². The van der Waals surface area contributed by atoms with E-state index in [4.69, 9.17) is 5.21 Å². The first kappa shape index (κ1) is 12.4. The molecule has 3 aromatic rings. The third-order valence-electron chi connectivity index (χ3n) is 3.34. The molecule has 0 saturated carbocycles. The Hall–Kier alpha value is -2.68. The van der Waals surface area contributed by atoms with Gasteiger partial charge in [-0.1, -0.05) is 53.7 Å². The smallest absolute Gasteiger partial charge is 0.102 e. The lowest BCUT2D eigenvalue weighted by atomic mass is 10.0. The highest BCUT2D eigenvalue weighted by molar-refractivity contribution is 5.99. The summed E-state index contributed by atoms with van der Waals surface area (Å²) in [6.07, 6.45) is 0. The Bertz CT molecular complexity index is 788. The van der Waals surface area contributed by atoms with Gasteiger partial charge < -0.3 is 5.21 Å². The molecule has 0 aliphatic rings. The number of benzene rings is 2. The molecule has 0 aliphatic carbocycles. The fourth-order valence-electron chi connectivity index (χ4n) is 2.29. The minimum absolute atomic E-state index is 0.507. The van der Waals surface area contributed by atoms with Crippen molar-refractivity contribution in [1.29, 1.82) is 0 Å². The van der Waals surface area contributed by atoms with Crippen LogP contribution in [0.15, 0.2) is 65.8 Å². The van der Waals surface area contributed by atoms with Gasteiger partial charge in [0.2, 0.25) is 0 Å². The molecule has 0 unspecified atom stereocenters. The molecule has 0 radical (unpaired) electrons. The third-order valence-corrected chi connectivity index (χ3v) is 3.34. The lowest BCUT2D eigenvalue weighted by molar-refractivity contribution is 0.319. The van der Waals surface area contributed by atoms with Crippen LogP contribution >= 0.6 is 0 Å². The van der Waals surface area contributed by atoms with Crippen LogP contribution in [-0.4, -0.2) is 15.9 Å². The van der Waals surface area contributed by atoms with Gasteiger partial charge in [0.1, 0.15) is 5.71 Å². The highest BCUT2D eigenvalue weighted by Crippen LogP contribution is 2.27. The average molecular weight is 262 g/mol. The molecule has 1 heterocycles. The second kappa shape index (κ2) is 5.13. The molecule has 0 saturated heterocycles. The number of rotatable bonds is 2. The van der Waals surface area contributed by atoms with E-state index in [9.17, 15) is 0 Å². The Balaban J connectivity index is 2.21. The SMILES string of the molecule is C/C(=N\O)c1cccc(-c2cccc3ccccc23)n1. The van der Waals surface area contributed by atoms with Crippen molar-refractivity contribution >= 4 is 16.5 Å². The first-order valence-corrected chi connectivity index (χ1v) is 6.44. The van der Waals surface area contributed by atoms with Gasteiger partial charge >= 0.3 is 0 Å². The van der Waals surface area contributed by atoms with E-state index in [1.165, 1.54) is 10.8 Å². The highest BCUT2D eigenvalue weighted by Gasteiger charge is 2.06. The Morgan fingerprint density at radius 2 is 1.70 bits per heavy atom. The maximum atomic E-state index is 8.87. The summed E-state index contributed by atoms with van der Waals surface area (Å²) in [5, 5.41) is 14.4. The lowest BCUT2D eigenvalue weighted by Gasteiger charge is -2.07. The molecule has 0 amide bonds. The molecule has 3 heteroatoms. The Labute approximate surface area is 117 Å². The number of hydrogen-bond acceptors (Lipinski definition) is 3. The van der Waals surface area contributed by atoms with E-state index in [0.717, 1.165) is 11.3 Å². The molecular weight excluding hydrogens is 248 g/mol. The van der Waals surface area contributed by atoms with Crippen molar-refractivity contribution in [1.82, 2.24) is 4.98 Å². The average Bonchev–Trinajstić information content (AvgIpc) is 2.53. The van der Waals surface area contributed by atoms with Gasteiger partial charge in [0.15, 0.2) is 0 Å². The van der Waals surface area contributed by atoms with Crippen molar-refractivity contribution in [2.24, 2.45) is 5.16 Å². The van der Waals surface area contributed by atoms with E-state index in [1.807, 2.05) is 36.4 Å². The predicted molar refractivity (Wildman–Crippen MR) is 81.2 cm³/mol. The van der Waals surface area contributed by atoms with Crippen LogP contribution in [0.2, 0.25) is 0 Å². The summed E-state index contributed by atoms with van der Waals surface area (Å²) in [5.41, 5.74) is 3.14. The van der Waals surface area contributed by atoms with E-state index >= 15 is 0 Å². The van der Waals surface area contributed by atoms with Crippen LogP contribution in [0.3, 0.4) is 0 Å². The number of oxime groups is 1. The molecule has 0 aliphatic heterocycles. The Morgan fingerprint density at radius 3 is 2.55 bits per heavy atom. The van der Waals surface area contributed by atoms with Crippen molar-refractivity contribution in [2.45, 2.75) is 6.92 Å². The number of nitrogens with zero attached hydrogens (tertiary/aromatic N) is 2. The Morgan fingerprint density at radius 1 is 0.950 bits per heavy atom. The van der Waals surface area contributed by atoms with Gasteiger partial charge in [0, 0.05) is 5.56 Å². The number of aromatic nitrogens is 1. The van der Waals surface area contributed by atoms with Crippen LogP contribution in [-0.2, 0) is 0 Å². The normalized spacial score (nSPS) is 11.8. The summed E-state index contributed by atoms with van der Waals surface area (Å²) in [4.78, 5) is 4.57. The summed E-state index contributed by atoms with van der Waals surface area (Å²) in [7, 11) is 0. The van der Waals surface area contributed by atoms with Crippen molar-refractivity contribution < 1.29 is 5.21 Å². The minimum Gasteiger partial charge on any atom is -0.411 e. The molecule has 0 fully saturated rings. The standard InChI is InChI=1S/C17H14N2O/c1-12(19-20)16-10-5-11-17(18-16)15-9-4-7-13-6-2-3-8-14(13)15/h2-11,20H,1H3/b19-12+. The molecule has 20 heavy (non-hydrogen) atoms. The molecular formula is C17H14N2O. The monoisotopic (exact) mass is 262 g/mol. The van der Waals surface area contributed by atoms with Crippen LogP contribution in [0.25, 0.3) is 22.0 Å². The van der Waals surface area contributed by atoms with E-state index in [0.29, 0.717) is 11.4 Å². The molecule has 98 valence electrons. The van der Waals surface area contributed by atoms with Crippen LogP contribution in [0, 0.1) is 0 Å². The van der Waals surface area contributed by atoms with Gasteiger partial charge in [0.05, 0.1) is 11.4 Å². The lowest BCUT2D eigenvalue weighted by Crippen LogP contribution is -1.99. The quantitative estimate of drug-likeness (QED) is 0.429. The van der Waals surface area contributed by atoms with Gasteiger partial charge in [-0.3, -0.25) is 0 Å². The van der Waals surface area contributed by atoms with E-state index in [2.05, 4.69) is 34.4 Å². The number of hydrogen-bond donors (Lipinski definition) is 1. The fraction of sp³-hybridized carbons (Fsp3) is 0.0588. The molecule has 3 nitrogen and oxygen atoms in total. The van der Waals surface area contributed by atoms with Gasteiger partial charge in [0.25, 0.3) is 0 Å². The van der Waals surface area contributed by atoms with E-state index in [-0.39, 0.29) is 0 Å². The van der Waals surface area contributed by atoms with Crippen LogP contribution < -0.4 is 0 Å². The van der Waals surface area contributed by atoms with E-state index < -0.39 is 0 Å². The van der Waals surface area contributed by atoms with Gasteiger partial charge in [-0.25, -0.2) is 4.98 Å². The summed E-state index contributed by atoms with van der Waals surface area (Å²) >= 11 is 0. The van der Waals surface area contributed by atoms with Crippen LogP contribution in [0.1, 0.15) is 12.6 Å². The molecule has 1 aromatic heterocycles. The van der Waals surface area contributed by atoms with Gasteiger partial charge in [-0.2, -0.15) is 0 Å². The summed E-state index contributed by atoms with van der Waals surface area (Å²) < 4.78 is 0. The highest BCUT2D eigenvalue weighted by atomic mass is 16.4. The summed E-state index contributed by atoms with van der Waals surface area (Å²) in [5.74, 6) is 0. The molecule has 3 rings (SSSR count). The topological polar surface area (TPSA) is 45.5 Å². The second-order valence-corrected chi connectivity index (χ2v) is 4.62. The van der Waals surface area contributed by atoms with Gasteiger partial charge in [-0.15, -0.1) is 0 Å². The molecule has 0 bridgehead atoms. The molecule has 1 N–H and O–H groups in total. The zero-order chi connectivity index (χ0) is 13.9. The van der Waals surface area contributed by atoms with Crippen LogP contribution in [0.5, 0.6) is 0 Å². The minimum atomic E-state index is 0.507. The number of pyridine rings is 1. The van der Waals surface area contributed by atoms with Crippen molar-refractivity contribution in [3.63, 3.8) is 0 Å². The molecule has 0 spiro atoms. The number of fused-ring (bicyclic) bond motifs is 1. The molecule has 2 aromatic carbocycles. The van der Waals surface area contributed by atoms with Crippen molar-refractivity contribution in [2.75, 3.05) is 0 Å². The maximum absolute atomic E-state index is 8.87. The van der Waals surface area contributed by atoms with Crippen molar-refractivity contribution in [3.8, 4) is 11.3 Å². The zero-order valence-corrected chi connectivity index (χ0v) is 11.1. The molecule has 0 atom stereocenters. The third kappa shape index (κ3) is 2.14.